The summed E-state index contributed by atoms with van der Waals surface area (Å²) < 4.78 is 20.7. The van der Waals surface area contributed by atoms with Gasteiger partial charge in [-0.1, -0.05) is 103 Å². The Kier molecular flexibility index (Phi) is 7.06. The molecule has 0 fully saturated rings. The molecule has 0 amide bonds. The summed E-state index contributed by atoms with van der Waals surface area (Å²) in [5.74, 6) is 2.38. The molecule has 2 aromatic heterocycles. The molecule has 0 saturated carbocycles. The maximum atomic E-state index is 7.10. The molecule has 0 radical (unpaired) electrons. The SMILES string of the molecule is c1ccc(-c2nc3c(N4c5ccccc5N(c5ccccc5)c5ccccc54)c4oc(-c5ccccc5)nc4c(N4c5ccccc5Oc5ccccc54)c3o2)cc1. The molecule has 0 N–H and O–H groups in total. The average Bonchev–Trinajstić information content (AvgIpc) is 3.94. The number of oxazole rings is 2. The molecule has 0 bridgehead atoms. The average molecular weight is 750 g/mol. The van der Waals surface area contributed by atoms with E-state index in [4.69, 9.17) is 23.5 Å². The lowest BCUT2D eigenvalue weighted by atomic mass is 10.0. The van der Waals surface area contributed by atoms with Crippen molar-refractivity contribution in [3.05, 3.63) is 188 Å². The van der Waals surface area contributed by atoms with Crippen molar-refractivity contribution in [1.29, 1.82) is 0 Å². The predicted octanol–water partition coefficient (Wildman–Crippen LogP) is 14.1. The van der Waals surface area contributed by atoms with E-state index in [0.29, 0.717) is 51.2 Å². The zero-order valence-electron chi connectivity index (χ0n) is 30.9. The number of para-hydroxylation sites is 9. The van der Waals surface area contributed by atoms with Crippen molar-refractivity contribution >= 4 is 73.4 Å². The second kappa shape index (κ2) is 12.7. The van der Waals surface area contributed by atoms with Gasteiger partial charge in [0.2, 0.25) is 11.8 Å². The topological polar surface area (TPSA) is 71.0 Å². The van der Waals surface area contributed by atoms with Crippen LogP contribution in [0.4, 0.5) is 51.2 Å². The summed E-state index contributed by atoms with van der Waals surface area (Å²) in [6.45, 7) is 0. The van der Waals surface area contributed by atoms with Gasteiger partial charge in [0.15, 0.2) is 22.7 Å². The lowest BCUT2D eigenvalue weighted by Gasteiger charge is -2.40. The van der Waals surface area contributed by atoms with Crippen molar-refractivity contribution in [3.8, 4) is 34.4 Å². The molecule has 8 aromatic carbocycles. The largest absolute Gasteiger partial charge is 0.453 e. The van der Waals surface area contributed by atoms with Gasteiger partial charge in [-0.25, -0.2) is 9.97 Å². The summed E-state index contributed by atoms with van der Waals surface area (Å²) in [7, 11) is 0. The van der Waals surface area contributed by atoms with Crippen LogP contribution in [0.15, 0.2) is 197 Å². The normalized spacial score (nSPS) is 12.9. The van der Waals surface area contributed by atoms with E-state index in [1.807, 2.05) is 103 Å². The minimum atomic E-state index is 0.480. The Morgan fingerprint density at radius 2 is 0.672 bits per heavy atom. The van der Waals surface area contributed by atoms with Gasteiger partial charge in [-0.05, 0) is 84.9 Å². The van der Waals surface area contributed by atoms with Crippen molar-refractivity contribution in [1.82, 2.24) is 9.97 Å². The number of rotatable bonds is 5. The third-order valence-corrected chi connectivity index (χ3v) is 10.8. The molecule has 0 unspecified atom stereocenters. The highest BCUT2D eigenvalue weighted by molar-refractivity contribution is 6.20. The summed E-state index contributed by atoms with van der Waals surface area (Å²) in [5, 5.41) is 0. The van der Waals surface area contributed by atoms with Gasteiger partial charge in [0.25, 0.3) is 0 Å². The lowest BCUT2D eigenvalue weighted by molar-refractivity contribution is 0.477. The molecule has 58 heavy (non-hydrogen) atoms. The number of anilines is 9. The molecule has 2 aliphatic heterocycles. The van der Waals surface area contributed by atoms with Crippen molar-refractivity contribution in [2.45, 2.75) is 0 Å². The van der Waals surface area contributed by atoms with E-state index in [0.717, 1.165) is 56.6 Å². The van der Waals surface area contributed by atoms with E-state index in [2.05, 4.69) is 99.6 Å². The first-order valence-corrected chi connectivity index (χ1v) is 19.2. The van der Waals surface area contributed by atoms with E-state index in [-0.39, 0.29) is 0 Å². The van der Waals surface area contributed by atoms with Crippen LogP contribution < -0.4 is 19.4 Å². The zero-order valence-corrected chi connectivity index (χ0v) is 30.9. The van der Waals surface area contributed by atoms with Crippen LogP contribution in [0.25, 0.3) is 45.1 Å². The molecule has 2 aliphatic rings. The molecule has 8 heteroatoms. The standard InChI is InChI=1S/C50H31N5O3/c1-4-18-32(19-5-1)49-51-43-45(54-37-26-12-10-24-35(37)53(34-22-8-3-9-23-34)36-25-11-13-27-38(36)54)47-44(52-50(57-47)33-20-6-2-7-21-33)46(48(43)58-49)55-39-28-14-16-30-41(39)56-42-31-17-15-29-40(42)55/h1-31H. The predicted molar refractivity (Wildman–Crippen MR) is 230 cm³/mol. The molecule has 10 aromatic rings. The summed E-state index contributed by atoms with van der Waals surface area (Å²) in [6, 6.07) is 63.5. The molecule has 0 saturated heterocycles. The maximum absolute atomic E-state index is 7.10. The molecule has 0 spiro atoms. The summed E-state index contributed by atoms with van der Waals surface area (Å²) in [4.78, 5) is 17.5. The van der Waals surface area contributed by atoms with E-state index in [1.165, 1.54) is 0 Å². The van der Waals surface area contributed by atoms with E-state index in [9.17, 15) is 0 Å². The van der Waals surface area contributed by atoms with Crippen LogP contribution in [-0.4, -0.2) is 9.97 Å². The number of benzene rings is 8. The third kappa shape index (κ3) is 4.82. The van der Waals surface area contributed by atoms with Gasteiger partial charge in [-0.2, -0.15) is 0 Å². The van der Waals surface area contributed by atoms with Gasteiger partial charge >= 0.3 is 0 Å². The molecule has 4 heterocycles. The Labute approximate surface area is 333 Å². The van der Waals surface area contributed by atoms with Gasteiger partial charge in [-0.3, -0.25) is 4.90 Å². The van der Waals surface area contributed by atoms with Gasteiger partial charge in [-0.15, -0.1) is 0 Å². The fourth-order valence-corrected chi connectivity index (χ4v) is 8.31. The van der Waals surface area contributed by atoms with Crippen molar-refractivity contribution in [2.24, 2.45) is 0 Å². The number of hydrogen-bond donors (Lipinski definition) is 0. The lowest BCUT2D eigenvalue weighted by Crippen LogP contribution is -2.24. The van der Waals surface area contributed by atoms with Crippen LogP contribution in [0.5, 0.6) is 11.5 Å². The minimum absolute atomic E-state index is 0.480. The smallest absolute Gasteiger partial charge is 0.227 e. The summed E-state index contributed by atoms with van der Waals surface area (Å²) >= 11 is 0. The number of hydrogen-bond acceptors (Lipinski definition) is 8. The Bertz CT molecular complexity index is 2990. The fraction of sp³-hybridized carbons (Fsp3) is 0. The van der Waals surface area contributed by atoms with Crippen LogP contribution in [0, 0.1) is 0 Å². The van der Waals surface area contributed by atoms with Crippen LogP contribution in [-0.2, 0) is 0 Å². The summed E-state index contributed by atoms with van der Waals surface area (Å²) in [5.41, 5.74) is 12.1. The monoisotopic (exact) mass is 749 g/mol. The van der Waals surface area contributed by atoms with Crippen molar-refractivity contribution < 1.29 is 13.6 Å². The highest BCUT2D eigenvalue weighted by Gasteiger charge is 2.39. The van der Waals surface area contributed by atoms with Gasteiger partial charge in [0.1, 0.15) is 22.4 Å². The molecule has 274 valence electrons. The second-order valence-electron chi connectivity index (χ2n) is 14.2. The molecular weight excluding hydrogens is 719 g/mol. The quantitative estimate of drug-likeness (QED) is 0.172. The molecule has 8 nitrogen and oxygen atoms in total. The molecule has 0 atom stereocenters. The number of ether oxygens (including phenoxy) is 1. The third-order valence-electron chi connectivity index (χ3n) is 10.8. The van der Waals surface area contributed by atoms with Gasteiger partial charge < -0.3 is 23.4 Å². The van der Waals surface area contributed by atoms with Crippen LogP contribution in [0.1, 0.15) is 0 Å². The number of aromatic nitrogens is 2. The Morgan fingerprint density at radius 3 is 1.12 bits per heavy atom. The van der Waals surface area contributed by atoms with E-state index < -0.39 is 0 Å². The minimum Gasteiger partial charge on any atom is -0.453 e. The van der Waals surface area contributed by atoms with E-state index >= 15 is 0 Å². The van der Waals surface area contributed by atoms with Crippen LogP contribution in [0.2, 0.25) is 0 Å². The van der Waals surface area contributed by atoms with E-state index in [1.54, 1.807) is 0 Å². The second-order valence-corrected chi connectivity index (χ2v) is 14.2. The molecule has 0 aliphatic carbocycles. The first-order valence-electron chi connectivity index (χ1n) is 19.2. The first kappa shape index (κ1) is 32.2. The molecular formula is C50H31N5O3. The molecule has 12 rings (SSSR count). The van der Waals surface area contributed by atoms with Gasteiger partial charge in [0.05, 0.1) is 34.1 Å². The highest BCUT2D eigenvalue weighted by Crippen LogP contribution is 2.60. The maximum Gasteiger partial charge on any atom is 0.227 e. The fourth-order valence-electron chi connectivity index (χ4n) is 8.31. The van der Waals surface area contributed by atoms with Crippen LogP contribution in [0.3, 0.4) is 0 Å². The Balaban J connectivity index is 1.24. The number of fused-ring (bicyclic) bond motifs is 6. The highest BCUT2D eigenvalue weighted by atomic mass is 16.5. The van der Waals surface area contributed by atoms with Crippen molar-refractivity contribution in [2.75, 3.05) is 14.7 Å². The Hall–Kier alpha value is -8.10. The van der Waals surface area contributed by atoms with Crippen molar-refractivity contribution in [3.63, 3.8) is 0 Å². The van der Waals surface area contributed by atoms with Crippen LogP contribution >= 0.6 is 0 Å². The zero-order chi connectivity index (χ0) is 38.2. The number of nitrogens with zero attached hydrogens (tertiary/aromatic N) is 5. The first-order chi connectivity index (χ1) is 28.8. The Morgan fingerprint density at radius 1 is 0.328 bits per heavy atom. The summed E-state index contributed by atoms with van der Waals surface area (Å²) in [6.07, 6.45) is 0. The van der Waals surface area contributed by atoms with Gasteiger partial charge in [0, 0.05) is 16.8 Å².